The molecule has 7 heteroatoms. The van der Waals surface area contributed by atoms with Crippen molar-refractivity contribution in [1.29, 1.82) is 0 Å². The zero-order valence-corrected chi connectivity index (χ0v) is 12.5. The number of nitrogens with zero attached hydrogens (tertiary/aromatic N) is 2. The Bertz CT molecular complexity index is 690. The first kappa shape index (κ1) is 14.4. The second kappa shape index (κ2) is 5.54. The molecule has 0 aliphatic carbocycles. The summed E-state index contributed by atoms with van der Waals surface area (Å²) in [6.07, 6.45) is 3.10. The molecule has 2 N–H and O–H groups in total. The number of rotatable bonds is 5. The van der Waals surface area contributed by atoms with Crippen LogP contribution in [-0.2, 0) is 23.6 Å². The summed E-state index contributed by atoms with van der Waals surface area (Å²) in [6, 6.07) is 7.11. The molecule has 0 spiro atoms. The van der Waals surface area contributed by atoms with Crippen molar-refractivity contribution in [2.24, 2.45) is 7.05 Å². The predicted octanol–water partition coefficient (Wildman–Crippen LogP) is 1.71. The van der Waals surface area contributed by atoms with Crippen LogP contribution >= 0.6 is 0 Å². The van der Waals surface area contributed by atoms with Crippen molar-refractivity contribution in [3.05, 3.63) is 41.7 Å². The highest BCUT2D eigenvalue weighted by Gasteiger charge is 2.04. The van der Waals surface area contributed by atoms with Crippen LogP contribution in [0.4, 0.5) is 11.4 Å². The maximum Gasteiger partial charge on any atom is 0.229 e. The fraction of sp³-hybridized carbons (Fsp3) is 0.308. The monoisotopic (exact) mass is 294 g/mol. The predicted molar refractivity (Wildman–Crippen MR) is 80.2 cm³/mol. The number of hydrogen-bond acceptors (Lipinski definition) is 4. The van der Waals surface area contributed by atoms with E-state index < -0.39 is 10.0 Å². The SMILES string of the molecule is Cc1nn(C)cc1CNc1ccc(NS(C)(=O)=O)cc1. The average Bonchev–Trinajstić information content (AvgIpc) is 2.65. The van der Waals surface area contributed by atoms with Gasteiger partial charge in [-0.1, -0.05) is 0 Å². The standard InChI is InChI=1S/C13H18N4O2S/c1-10-11(9-17(2)15-10)8-14-12-4-6-13(7-5-12)16-20(3,18)19/h4-7,9,14,16H,8H2,1-3H3. The van der Waals surface area contributed by atoms with Gasteiger partial charge < -0.3 is 5.32 Å². The lowest BCUT2D eigenvalue weighted by Crippen LogP contribution is -2.09. The summed E-state index contributed by atoms with van der Waals surface area (Å²) in [7, 11) is -1.34. The molecular weight excluding hydrogens is 276 g/mol. The van der Waals surface area contributed by atoms with Gasteiger partial charge in [0.15, 0.2) is 0 Å². The van der Waals surface area contributed by atoms with Crippen LogP contribution in [0.1, 0.15) is 11.3 Å². The Labute approximate surface area is 118 Å². The largest absolute Gasteiger partial charge is 0.381 e. The molecule has 20 heavy (non-hydrogen) atoms. The van der Waals surface area contributed by atoms with E-state index in [9.17, 15) is 8.42 Å². The highest BCUT2D eigenvalue weighted by Crippen LogP contribution is 2.16. The summed E-state index contributed by atoms with van der Waals surface area (Å²) in [4.78, 5) is 0. The van der Waals surface area contributed by atoms with Crippen LogP contribution in [0, 0.1) is 6.92 Å². The molecule has 0 aliphatic rings. The minimum absolute atomic E-state index is 0.551. The maximum atomic E-state index is 11.1. The van der Waals surface area contributed by atoms with E-state index in [0.717, 1.165) is 23.2 Å². The summed E-state index contributed by atoms with van der Waals surface area (Å²) in [5, 5.41) is 7.55. The van der Waals surface area contributed by atoms with Crippen LogP contribution < -0.4 is 10.0 Å². The first-order chi connectivity index (χ1) is 9.33. The summed E-state index contributed by atoms with van der Waals surface area (Å²) in [5.74, 6) is 0. The molecule has 0 saturated carbocycles. The van der Waals surface area contributed by atoms with Gasteiger partial charge in [0.1, 0.15) is 0 Å². The molecule has 6 nitrogen and oxygen atoms in total. The lowest BCUT2D eigenvalue weighted by atomic mass is 10.2. The van der Waals surface area contributed by atoms with Gasteiger partial charge in [-0.3, -0.25) is 9.40 Å². The fourth-order valence-corrected chi connectivity index (χ4v) is 2.45. The lowest BCUT2D eigenvalue weighted by Gasteiger charge is -2.07. The molecule has 0 radical (unpaired) electrons. The molecule has 0 amide bonds. The zero-order chi connectivity index (χ0) is 14.8. The Morgan fingerprint density at radius 3 is 2.30 bits per heavy atom. The topological polar surface area (TPSA) is 76.0 Å². The molecule has 0 aliphatic heterocycles. The third-order valence-electron chi connectivity index (χ3n) is 2.79. The summed E-state index contributed by atoms with van der Waals surface area (Å²) >= 11 is 0. The quantitative estimate of drug-likeness (QED) is 0.880. The Morgan fingerprint density at radius 2 is 1.80 bits per heavy atom. The normalized spacial score (nSPS) is 11.3. The summed E-state index contributed by atoms with van der Waals surface area (Å²) in [5.41, 5.74) is 3.60. The number of anilines is 2. The molecule has 0 unspecified atom stereocenters. The van der Waals surface area contributed by atoms with Gasteiger partial charge in [0.05, 0.1) is 11.9 Å². The lowest BCUT2D eigenvalue weighted by molar-refractivity contribution is 0.607. The van der Waals surface area contributed by atoms with Crippen LogP contribution in [0.5, 0.6) is 0 Å². The zero-order valence-electron chi connectivity index (χ0n) is 11.7. The number of aryl methyl sites for hydroxylation is 2. The number of aromatic nitrogens is 2. The molecule has 1 aromatic heterocycles. The summed E-state index contributed by atoms with van der Waals surface area (Å²) < 4.78 is 26.4. The smallest absolute Gasteiger partial charge is 0.229 e. The minimum Gasteiger partial charge on any atom is -0.381 e. The van der Waals surface area contributed by atoms with Crippen LogP contribution in [0.2, 0.25) is 0 Å². The van der Waals surface area contributed by atoms with Crippen molar-refractivity contribution in [2.45, 2.75) is 13.5 Å². The molecule has 2 aromatic rings. The number of hydrogen-bond donors (Lipinski definition) is 2. The fourth-order valence-electron chi connectivity index (χ4n) is 1.89. The van der Waals surface area contributed by atoms with Crippen molar-refractivity contribution in [2.75, 3.05) is 16.3 Å². The van der Waals surface area contributed by atoms with Crippen molar-refractivity contribution < 1.29 is 8.42 Å². The van der Waals surface area contributed by atoms with Crippen molar-refractivity contribution in [3.8, 4) is 0 Å². The molecule has 0 fully saturated rings. The molecule has 2 rings (SSSR count). The van der Waals surface area contributed by atoms with Crippen LogP contribution in [0.15, 0.2) is 30.5 Å². The van der Waals surface area contributed by atoms with E-state index in [1.165, 1.54) is 0 Å². The average molecular weight is 294 g/mol. The van der Waals surface area contributed by atoms with E-state index in [-0.39, 0.29) is 0 Å². The van der Waals surface area contributed by atoms with E-state index in [0.29, 0.717) is 12.2 Å². The first-order valence-corrected chi connectivity index (χ1v) is 8.03. The third-order valence-corrected chi connectivity index (χ3v) is 3.39. The van der Waals surface area contributed by atoms with E-state index >= 15 is 0 Å². The second-order valence-corrected chi connectivity index (χ2v) is 6.47. The molecule has 0 saturated heterocycles. The van der Waals surface area contributed by atoms with Gasteiger partial charge in [0, 0.05) is 36.7 Å². The van der Waals surface area contributed by atoms with Gasteiger partial charge in [-0.15, -0.1) is 0 Å². The third kappa shape index (κ3) is 3.99. The minimum atomic E-state index is -3.23. The molecular formula is C13H18N4O2S. The van der Waals surface area contributed by atoms with E-state index in [4.69, 9.17) is 0 Å². The van der Waals surface area contributed by atoms with Crippen LogP contribution in [-0.4, -0.2) is 24.5 Å². The molecule has 0 bridgehead atoms. The number of benzene rings is 1. The number of sulfonamides is 1. The molecule has 1 aromatic carbocycles. The van der Waals surface area contributed by atoms with Crippen molar-refractivity contribution >= 4 is 21.4 Å². The van der Waals surface area contributed by atoms with Crippen LogP contribution in [0.3, 0.4) is 0 Å². The van der Waals surface area contributed by atoms with Crippen LogP contribution in [0.25, 0.3) is 0 Å². The Morgan fingerprint density at radius 1 is 1.20 bits per heavy atom. The molecule has 108 valence electrons. The Kier molecular flexibility index (Phi) is 3.99. The first-order valence-electron chi connectivity index (χ1n) is 6.14. The van der Waals surface area contributed by atoms with Gasteiger partial charge >= 0.3 is 0 Å². The Balaban J connectivity index is 1.99. The Hall–Kier alpha value is -2.02. The highest BCUT2D eigenvalue weighted by atomic mass is 32.2. The van der Waals surface area contributed by atoms with Crippen molar-refractivity contribution in [1.82, 2.24) is 9.78 Å². The maximum absolute atomic E-state index is 11.1. The van der Waals surface area contributed by atoms with E-state index in [2.05, 4.69) is 15.1 Å². The van der Waals surface area contributed by atoms with Gasteiger partial charge in [-0.2, -0.15) is 5.10 Å². The van der Waals surface area contributed by atoms with Gasteiger partial charge in [0.25, 0.3) is 0 Å². The van der Waals surface area contributed by atoms with E-state index in [1.54, 1.807) is 16.8 Å². The molecule has 1 heterocycles. The van der Waals surface area contributed by atoms with Gasteiger partial charge in [-0.25, -0.2) is 8.42 Å². The molecule has 0 atom stereocenters. The number of nitrogens with one attached hydrogen (secondary N) is 2. The van der Waals surface area contributed by atoms with Gasteiger partial charge in [0.2, 0.25) is 10.0 Å². The second-order valence-electron chi connectivity index (χ2n) is 4.72. The highest BCUT2D eigenvalue weighted by molar-refractivity contribution is 7.92. The van der Waals surface area contributed by atoms with E-state index in [1.807, 2.05) is 32.3 Å². The van der Waals surface area contributed by atoms with Crippen molar-refractivity contribution in [3.63, 3.8) is 0 Å². The van der Waals surface area contributed by atoms with Gasteiger partial charge in [-0.05, 0) is 31.2 Å². The summed E-state index contributed by atoms with van der Waals surface area (Å²) in [6.45, 7) is 2.65.